The Bertz CT molecular complexity index is 708. The Morgan fingerprint density at radius 1 is 1.41 bits per heavy atom. The number of aromatic nitrogens is 1. The molecule has 1 aromatic heterocycles. The summed E-state index contributed by atoms with van der Waals surface area (Å²) in [5.41, 5.74) is 2.24. The quantitative estimate of drug-likeness (QED) is 0.913. The number of hydrogen-bond donors (Lipinski definition) is 2. The second-order valence-electron chi connectivity index (χ2n) is 6.11. The molecule has 22 heavy (non-hydrogen) atoms. The maximum Gasteiger partial charge on any atom is 0.322 e. The fourth-order valence-corrected chi connectivity index (χ4v) is 3.02. The summed E-state index contributed by atoms with van der Waals surface area (Å²) in [7, 11) is 0. The predicted molar refractivity (Wildman–Crippen MR) is 81.8 cm³/mol. The molecule has 0 spiro atoms. The Labute approximate surface area is 128 Å². The number of rotatable bonds is 3. The van der Waals surface area contributed by atoms with Crippen molar-refractivity contribution in [1.29, 1.82) is 0 Å². The van der Waals surface area contributed by atoms with Gasteiger partial charge < -0.3 is 19.7 Å². The van der Waals surface area contributed by atoms with Crippen LogP contribution in [-0.2, 0) is 0 Å². The van der Waals surface area contributed by atoms with E-state index in [9.17, 15) is 9.90 Å². The number of oxazole rings is 1. The summed E-state index contributed by atoms with van der Waals surface area (Å²) in [6.07, 6.45) is 4.09. The lowest BCUT2D eigenvalue weighted by atomic mass is 10.2. The lowest BCUT2D eigenvalue weighted by molar-refractivity contribution is 0.166. The van der Waals surface area contributed by atoms with E-state index >= 15 is 0 Å². The van der Waals surface area contributed by atoms with Crippen molar-refractivity contribution in [3.63, 3.8) is 0 Å². The predicted octanol–water partition coefficient (Wildman–Crippen LogP) is 2.69. The molecule has 2 aromatic rings. The van der Waals surface area contributed by atoms with E-state index < -0.39 is 0 Å². The van der Waals surface area contributed by atoms with E-state index in [4.69, 9.17) is 4.42 Å². The molecule has 1 aliphatic carbocycles. The molecule has 1 aromatic carbocycles. The summed E-state index contributed by atoms with van der Waals surface area (Å²) in [6, 6.07) is 5.27. The van der Waals surface area contributed by atoms with Gasteiger partial charge in [0, 0.05) is 18.2 Å². The molecule has 2 N–H and O–H groups in total. The van der Waals surface area contributed by atoms with Gasteiger partial charge in [-0.15, -0.1) is 0 Å². The van der Waals surface area contributed by atoms with E-state index in [1.165, 1.54) is 0 Å². The van der Waals surface area contributed by atoms with Crippen LogP contribution in [0.25, 0.3) is 11.1 Å². The molecule has 2 aliphatic rings. The maximum atomic E-state index is 12.3. The van der Waals surface area contributed by atoms with Crippen molar-refractivity contribution in [1.82, 2.24) is 9.88 Å². The van der Waals surface area contributed by atoms with Gasteiger partial charge in [0.1, 0.15) is 5.52 Å². The van der Waals surface area contributed by atoms with Crippen LogP contribution < -0.4 is 5.32 Å². The Morgan fingerprint density at radius 2 is 2.27 bits per heavy atom. The van der Waals surface area contributed by atoms with Gasteiger partial charge >= 0.3 is 6.03 Å². The highest BCUT2D eigenvalue weighted by Crippen LogP contribution is 2.40. The zero-order chi connectivity index (χ0) is 15.1. The van der Waals surface area contributed by atoms with Crippen molar-refractivity contribution in [3.8, 4) is 0 Å². The maximum absolute atomic E-state index is 12.3. The van der Waals surface area contributed by atoms with E-state index in [-0.39, 0.29) is 18.7 Å². The standard InChI is InChI=1S/C16H19N3O3/c20-9-12-2-1-7-19(12)16(21)17-11-5-6-14-13(8-11)18-15(22-14)10-3-4-10/h5-6,8,10,12,20H,1-4,7,9H2,(H,17,21)/t12-/m1/s1. The minimum Gasteiger partial charge on any atom is -0.440 e. The molecular formula is C16H19N3O3. The summed E-state index contributed by atoms with van der Waals surface area (Å²) >= 11 is 0. The minimum atomic E-state index is -0.165. The zero-order valence-electron chi connectivity index (χ0n) is 12.3. The van der Waals surface area contributed by atoms with Crippen molar-refractivity contribution >= 4 is 22.8 Å². The number of aliphatic hydroxyl groups is 1. The van der Waals surface area contributed by atoms with Crippen LogP contribution in [0.2, 0.25) is 0 Å². The highest BCUT2D eigenvalue weighted by molar-refractivity contribution is 5.92. The third-order valence-electron chi connectivity index (χ3n) is 4.43. The van der Waals surface area contributed by atoms with Gasteiger partial charge in [0.15, 0.2) is 11.5 Å². The average molecular weight is 301 g/mol. The van der Waals surface area contributed by atoms with Crippen LogP contribution in [0.15, 0.2) is 22.6 Å². The Kier molecular flexibility index (Phi) is 3.26. The molecule has 4 rings (SSSR count). The number of nitrogens with zero attached hydrogens (tertiary/aromatic N) is 2. The number of carbonyl (C=O) groups excluding carboxylic acids is 1. The molecule has 116 valence electrons. The number of urea groups is 1. The molecule has 0 radical (unpaired) electrons. The second kappa shape index (κ2) is 5.28. The fraction of sp³-hybridized carbons (Fsp3) is 0.500. The Hall–Kier alpha value is -2.08. The second-order valence-corrected chi connectivity index (χ2v) is 6.11. The number of likely N-dealkylation sites (tertiary alicyclic amines) is 1. The van der Waals surface area contributed by atoms with Crippen molar-refractivity contribution in [3.05, 3.63) is 24.1 Å². The SMILES string of the molecule is O=C(Nc1ccc2oc(C3CC3)nc2c1)N1CCC[C@@H]1CO. The summed E-state index contributed by atoms with van der Waals surface area (Å²) in [4.78, 5) is 18.5. The summed E-state index contributed by atoms with van der Waals surface area (Å²) in [6.45, 7) is 0.704. The van der Waals surface area contributed by atoms with E-state index in [0.717, 1.165) is 42.7 Å². The lowest BCUT2D eigenvalue weighted by Gasteiger charge is -2.23. The third kappa shape index (κ3) is 2.43. The number of carbonyl (C=O) groups is 1. The monoisotopic (exact) mass is 301 g/mol. The van der Waals surface area contributed by atoms with Crippen LogP contribution >= 0.6 is 0 Å². The smallest absolute Gasteiger partial charge is 0.322 e. The first-order chi connectivity index (χ1) is 10.7. The number of fused-ring (bicyclic) bond motifs is 1. The normalized spacial score (nSPS) is 21.5. The van der Waals surface area contributed by atoms with Crippen molar-refractivity contribution in [2.75, 3.05) is 18.5 Å². The van der Waals surface area contributed by atoms with E-state index in [2.05, 4.69) is 10.3 Å². The Morgan fingerprint density at radius 3 is 3.05 bits per heavy atom. The highest BCUT2D eigenvalue weighted by atomic mass is 16.3. The van der Waals surface area contributed by atoms with Crippen LogP contribution in [0.5, 0.6) is 0 Å². The molecule has 1 aliphatic heterocycles. The Balaban J connectivity index is 1.52. The number of aliphatic hydroxyl groups excluding tert-OH is 1. The van der Waals surface area contributed by atoms with E-state index in [1.807, 2.05) is 18.2 Å². The topological polar surface area (TPSA) is 78.6 Å². The molecule has 2 amide bonds. The summed E-state index contributed by atoms with van der Waals surface area (Å²) < 4.78 is 5.72. The van der Waals surface area contributed by atoms with Crippen LogP contribution in [0, 0.1) is 0 Å². The molecular weight excluding hydrogens is 282 g/mol. The van der Waals surface area contributed by atoms with Crippen molar-refractivity contribution < 1.29 is 14.3 Å². The van der Waals surface area contributed by atoms with Crippen LogP contribution in [0.1, 0.15) is 37.5 Å². The summed E-state index contributed by atoms with van der Waals surface area (Å²) in [5, 5.41) is 12.2. The number of anilines is 1. The molecule has 1 saturated carbocycles. The van der Waals surface area contributed by atoms with Gasteiger partial charge in [-0.05, 0) is 43.9 Å². The first-order valence-corrected chi connectivity index (χ1v) is 7.83. The largest absolute Gasteiger partial charge is 0.440 e. The zero-order valence-corrected chi connectivity index (χ0v) is 12.3. The van der Waals surface area contributed by atoms with Crippen LogP contribution in [0.4, 0.5) is 10.5 Å². The first kappa shape index (κ1) is 13.6. The fourth-order valence-electron chi connectivity index (χ4n) is 3.02. The first-order valence-electron chi connectivity index (χ1n) is 7.83. The van der Waals surface area contributed by atoms with Gasteiger partial charge in [0.2, 0.25) is 0 Å². The molecule has 2 heterocycles. The molecule has 0 unspecified atom stereocenters. The van der Waals surface area contributed by atoms with Gasteiger partial charge in [0.25, 0.3) is 0 Å². The molecule has 1 saturated heterocycles. The number of nitrogens with one attached hydrogen (secondary N) is 1. The average Bonchev–Trinajstić information content (AvgIpc) is 3.11. The number of hydrogen-bond acceptors (Lipinski definition) is 4. The molecule has 6 nitrogen and oxygen atoms in total. The highest BCUT2D eigenvalue weighted by Gasteiger charge is 2.29. The van der Waals surface area contributed by atoms with Crippen LogP contribution in [-0.4, -0.2) is 40.2 Å². The van der Waals surface area contributed by atoms with Gasteiger partial charge in [0.05, 0.1) is 12.6 Å². The van der Waals surface area contributed by atoms with Crippen LogP contribution in [0.3, 0.4) is 0 Å². The molecule has 0 bridgehead atoms. The van der Waals surface area contributed by atoms with E-state index in [0.29, 0.717) is 18.2 Å². The summed E-state index contributed by atoms with van der Waals surface area (Å²) in [5.74, 6) is 1.28. The minimum absolute atomic E-state index is 0.0144. The molecule has 6 heteroatoms. The van der Waals surface area contributed by atoms with Gasteiger partial charge in [-0.2, -0.15) is 0 Å². The van der Waals surface area contributed by atoms with Crippen molar-refractivity contribution in [2.45, 2.75) is 37.6 Å². The van der Waals surface area contributed by atoms with E-state index in [1.54, 1.807) is 4.90 Å². The van der Waals surface area contributed by atoms with Gasteiger partial charge in [-0.25, -0.2) is 9.78 Å². The molecule has 1 atom stereocenters. The van der Waals surface area contributed by atoms with Gasteiger partial charge in [-0.1, -0.05) is 0 Å². The third-order valence-corrected chi connectivity index (χ3v) is 4.43. The molecule has 2 fully saturated rings. The number of benzene rings is 1. The lowest BCUT2D eigenvalue weighted by Crippen LogP contribution is -2.40. The number of amides is 2. The van der Waals surface area contributed by atoms with Gasteiger partial charge in [-0.3, -0.25) is 0 Å². The van der Waals surface area contributed by atoms with Crippen molar-refractivity contribution in [2.24, 2.45) is 0 Å².